The quantitative estimate of drug-likeness (QED) is 0.0567. The molecule has 16 nitrogen and oxygen atoms in total. The molecule has 0 spiro atoms. The molecule has 0 N–H and O–H groups in total. The lowest BCUT2D eigenvalue weighted by atomic mass is 9.75. The summed E-state index contributed by atoms with van der Waals surface area (Å²) in [6.07, 6.45) is 8.16. The van der Waals surface area contributed by atoms with E-state index in [-0.39, 0.29) is 72.3 Å². The van der Waals surface area contributed by atoms with E-state index in [1.807, 2.05) is 72.8 Å². The van der Waals surface area contributed by atoms with Crippen LogP contribution in [-0.4, -0.2) is 82.4 Å². The van der Waals surface area contributed by atoms with Crippen molar-refractivity contribution in [3.63, 3.8) is 0 Å². The van der Waals surface area contributed by atoms with Crippen molar-refractivity contribution < 1.29 is 66.3 Å². The number of aromatic nitrogens is 1. The second-order valence-corrected chi connectivity index (χ2v) is 25.4. The van der Waals surface area contributed by atoms with Gasteiger partial charge in [-0.15, -0.1) is 0 Å². The van der Waals surface area contributed by atoms with E-state index in [1.54, 1.807) is 18.3 Å². The summed E-state index contributed by atoms with van der Waals surface area (Å²) in [5, 5.41) is 9.48. The molecule has 3 aliphatic carbocycles. The number of methoxy groups -OCH3 is 3. The number of pyridine rings is 1. The molecule has 18 heteroatoms. The Kier molecular flexibility index (Phi) is 18.0. The van der Waals surface area contributed by atoms with Crippen LogP contribution in [0.5, 0.6) is 34.5 Å². The number of hydrogen-bond acceptors (Lipinski definition) is 16. The molecule has 90 heavy (non-hydrogen) atoms. The van der Waals surface area contributed by atoms with Gasteiger partial charge in [0, 0.05) is 68.9 Å². The van der Waals surface area contributed by atoms with Gasteiger partial charge in [0.05, 0.1) is 82.9 Å². The molecule has 6 aromatic carbocycles. The number of nitriles is 1. The predicted octanol–water partition coefficient (Wildman–Crippen LogP) is 13.4. The van der Waals surface area contributed by atoms with E-state index in [2.05, 4.69) is 91.1 Å². The maximum atomic E-state index is 11.7. The largest absolute Gasteiger partial charge is 0.495 e. The molecular weight excluding hydrogens is 1210 g/mol. The molecule has 7 aliphatic rings. The van der Waals surface area contributed by atoms with Crippen LogP contribution in [-0.2, 0) is 57.2 Å². The average molecular weight is 1280 g/mol. The van der Waals surface area contributed by atoms with E-state index < -0.39 is 0 Å². The molecule has 0 radical (unpaired) electrons. The zero-order valence-corrected chi connectivity index (χ0v) is 53.2. The second-order valence-electron chi connectivity index (χ2n) is 24.6. The molecule has 0 unspecified atom stereocenters. The smallest absolute Gasteiger partial charge is 0.492 e. The van der Waals surface area contributed by atoms with Crippen molar-refractivity contribution in [2.24, 2.45) is 0 Å². The van der Waals surface area contributed by atoms with Crippen LogP contribution in [0.4, 0.5) is 0 Å². The summed E-state index contributed by atoms with van der Waals surface area (Å²) < 4.78 is 64.5. The lowest BCUT2D eigenvalue weighted by Crippen LogP contribution is -2.41. The highest BCUT2D eigenvalue weighted by Gasteiger charge is 2.53. The molecule has 1 saturated heterocycles. The van der Waals surface area contributed by atoms with Gasteiger partial charge in [-0.1, -0.05) is 82.7 Å². The van der Waals surface area contributed by atoms with E-state index in [4.69, 9.17) is 51.9 Å². The molecule has 1 fully saturated rings. The topological polar surface area (TPSA) is 189 Å². The number of carbonyl (C=O) groups is 3. The molecule has 4 aliphatic heterocycles. The maximum absolute atomic E-state index is 11.7. The molecule has 464 valence electrons. The summed E-state index contributed by atoms with van der Waals surface area (Å²) >= 11 is 3.62. The number of nitrogens with zero attached hydrogens (tertiary/aromatic N) is 2. The second kappa shape index (κ2) is 26.2. The Morgan fingerprint density at radius 3 is 1.43 bits per heavy atom. The first kappa shape index (κ1) is 61.9. The van der Waals surface area contributed by atoms with Crippen LogP contribution >= 0.6 is 15.9 Å². The van der Waals surface area contributed by atoms with Crippen molar-refractivity contribution in [3.8, 4) is 51.8 Å². The molecule has 0 amide bonds. The zero-order chi connectivity index (χ0) is 62.8. The number of halogens is 1. The van der Waals surface area contributed by atoms with Gasteiger partial charge in [0.2, 0.25) is 0 Å². The lowest BCUT2D eigenvalue weighted by molar-refractivity contribution is -0.142. The molecule has 14 rings (SSSR count). The Balaban J connectivity index is 0.000000132. The summed E-state index contributed by atoms with van der Waals surface area (Å²) in [6.45, 7) is 9.77. The van der Waals surface area contributed by atoms with Crippen LogP contribution in [0.15, 0.2) is 132 Å². The third-order valence-electron chi connectivity index (χ3n) is 18.7. The average Bonchev–Trinajstić information content (AvgIpc) is 1.63. The lowest BCUT2D eigenvalue weighted by Gasteiger charge is -2.32. The molecule has 1 aromatic heterocycles. The summed E-state index contributed by atoms with van der Waals surface area (Å²) in [6, 6.07) is 42.1. The van der Waals surface area contributed by atoms with Gasteiger partial charge < -0.3 is 51.9 Å². The van der Waals surface area contributed by atoms with Gasteiger partial charge in [-0.05, 0) is 141 Å². The number of fused-ring (bicyclic) bond motifs is 6. The Hall–Kier alpha value is -8.37. The summed E-state index contributed by atoms with van der Waals surface area (Å²) in [4.78, 5) is 39.3. The van der Waals surface area contributed by atoms with Crippen LogP contribution in [0.25, 0.3) is 11.3 Å². The van der Waals surface area contributed by atoms with Crippen molar-refractivity contribution >= 4 is 46.4 Å². The van der Waals surface area contributed by atoms with Gasteiger partial charge >= 0.3 is 25.0 Å². The van der Waals surface area contributed by atoms with Crippen LogP contribution < -0.4 is 33.9 Å². The summed E-state index contributed by atoms with van der Waals surface area (Å²) in [7, 11) is 3.85. The maximum Gasteiger partial charge on any atom is 0.495 e. The van der Waals surface area contributed by atoms with Crippen molar-refractivity contribution in [1.29, 1.82) is 5.26 Å². The molecule has 6 atom stereocenters. The van der Waals surface area contributed by atoms with Gasteiger partial charge in [-0.25, -0.2) is 0 Å². The Bertz CT molecular complexity index is 3900. The zero-order valence-electron chi connectivity index (χ0n) is 51.6. The standard InChI is InChI=1S/C26H31BO6.C26H22N2O4.C20H19BrO4/c1-25(2)26(3,4)33-27(32-25)21-8-6-7-20-19(21)11-12-22(20)31-17-9-10-18-16(13-24(28)29-5)15-30-23(18)14-17;1-30-25(29)12-17-15-31-24-13-18(7-8-19(17)24)32-23-10-9-20-21(23)5-2-6-22(20)26-16(14-27)4-3-11-28-26;1-23-20(22)9-12-11-24-19-10-13(5-6-14(12)19)25-18-8-7-15-16(18)3-2-4-17(15)21/h6-10,14,16,22H,11-13,15H2,1-5H3;2-8,11,13,17,23H,9-10,12,15H2,1H3;2-6,10,12,18H,7-9,11H2,1H3/t16-,22-;17-,23-;12-,18-/m111/s1. The molecule has 7 aromatic rings. The number of hydrogen-bond donors (Lipinski definition) is 0. The number of rotatable bonds is 14. The first-order valence-corrected chi connectivity index (χ1v) is 31.5. The Morgan fingerprint density at radius 1 is 0.544 bits per heavy atom. The van der Waals surface area contributed by atoms with Gasteiger partial charge in [-0.2, -0.15) is 5.26 Å². The Labute approximate surface area is 533 Å². The monoisotopic (exact) mass is 1280 g/mol. The highest BCUT2D eigenvalue weighted by Crippen LogP contribution is 2.47. The Morgan fingerprint density at radius 2 is 0.967 bits per heavy atom. The molecular formula is C72H72BBrN2O14. The minimum Gasteiger partial charge on any atom is -0.492 e. The molecule has 0 saturated carbocycles. The summed E-state index contributed by atoms with van der Waals surface area (Å²) in [5.41, 5.74) is 13.1. The number of ether oxygens (including phenoxy) is 9. The first-order chi connectivity index (χ1) is 43.5. The van der Waals surface area contributed by atoms with Crippen LogP contribution in [0.3, 0.4) is 0 Å². The molecule has 5 heterocycles. The van der Waals surface area contributed by atoms with Crippen LogP contribution in [0.1, 0.15) is 158 Å². The van der Waals surface area contributed by atoms with Crippen molar-refractivity contribution in [2.75, 3.05) is 41.2 Å². The van der Waals surface area contributed by atoms with Gasteiger partial charge in [0.15, 0.2) is 0 Å². The third kappa shape index (κ3) is 12.7. The van der Waals surface area contributed by atoms with Gasteiger partial charge in [-0.3, -0.25) is 19.4 Å². The minimum absolute atomic E-state index is 0.00830. The van der Waals surface area contributed by atoms with Crippen LogP contribution in [0, 0.1) is 11.3 Å². The first-order valence-electron chi connectivity index (χ1n) is 30.7. The van der Waals surface area contributed by atoms with Crippen LogP contribution in [0.2, 0.25) is 0 Å². The number of esters is 3. The number of benzene rings is 6. The minimum atomic E-state index is -0.371. The normalized spacial score (nSPS) is 21.1. The highest BCUT2D eigenvalue weighted by molar-refractivity contribution is 9.10. The van der Waals surface area contributed by atoms with Crippen molar-refractivity contribution in [2.45, 2.75) is 133 Å². The van der Waals surface area contributed by atoms with Gasteiger partial charge in [0.25, 0.3) is 0 Å². The van der Waals surface area contributed by atoms with E-state index in [0.717, 1.165) is 116 Å². The van der Waals surface area contributed by atoms with E-state index in [0.29, 0.717) is 44.6 Å². The third-order valence-corrected chi connectivity index (χ3v) is 19.4. The van der Waals surface area contributed by atoms with E-state index in [9.17, 15) is 19.6 Å². The fraction of sp³-hybridized carbons (Fsp3) is 0.375. The predicted molar refractivity (Wildman–Crippen MR) is 340 cm³/mol. The highest BCUT2D eigenvalue weighted by atomic mass is 79.9. The van der Waals surface area contributed by atoms with Crippen molar-refractivity contribution in [3.05, 3.63) is 188 Å². The van der Waals surface area contributed by atoms with Gasteiger partial charge in [0.1, 0.15) is 58.9 Å². The summed E-state index contributed by atoms with van der Waals surface area (Å²) in [5.74, 6) is 4.07. The SMILES string of the molecule is COC(=O)C[C@@H]1COc2cc(O[C@@H]3CCc4c(-c5ncccc5C#N)cccc43)ccc21.COC(=O)C[C@@H]1COc2cc(O[C@@H]3CCc4c(B5OC(C)(C)C(C)(C)O5)cccc43)ccc21.COC(=O)C[C@@H]1COc2cc(O[C@@H]3CCc4c(Br)cccc43)ccc21. The van der Waals surface area contributed by atoms with Crippen molar-refractivity contribution in [1.82, 2.24) is 4.98 Å². The van der Waals surface area contributed by atoms with E-state index in [1.165, 1.54) is 49.1 Å². The van der Waals surface area contributed by atoms with E-state index >= 15 is 0 Å². The number of carbonyl (C=O) groups excluding carboxylic acids is 3. The fourth-order valence-electron chi connectivity index (χ4n) is 13.2. The molecule has 0 bridgehead atoms. The fourth-order valence-corrected chi connectivity index (χ4v) is 13.7.